The fourth-order valence-electron chi connectivity index (χ4n) is 1.58. The van der Waals surface area contributed by atoms with E-state index in [1.54, 1.807) is 13.3 Å². The van der Waals surface area contributed by atoms with E-state index in [0.717, 1.165) is 11.4 Å². The average molecular weight is 261 g/mol. The van der Waals surface area contributed by atoms with Crippen LogP contribution in [0, 0.1) is 0 Å². The normalized spacial score (nSPS) is 11.4. The highest BCUT2D eigenvalue weighted by atomic mass is 16.5. The Balaban J connectivity index is 2.05. The Morgan fingerprint density at radius 3 is 2.79 bits per heavy atom. The van der Waals surface area contributed by atoms with Gasteiger partial charge in [0.15, 0.2) is 0 Å². The van der Waals surface area contributed by atoms with Crippen molar-refractivity contribution in [2.45, 2.75) is 32.9 Å². The van der Waals surface area contributed by atoms with Crippen molar-refractivity contribution in [2.24, 2.45) is 0 Å². The number of nitrogens with one attached hydrogen (secondary N) is 1. The summed E-state index contributed by atoms with van der Waals surface area (Å²) in [7, 11) is 1.60. The second kappa shape index (κ2) is 5.26. The highest BCUT2D eigenvalue weighted by Gasteiger charge is 2.15. The standard InChI is InChI=1S/C13H19N5O/c1-13(2,3)18-9-10(16-17-18)8-15-11-6-5-7-14-12(11)19-4/h5-7,9,15H,8H2,1-4H3. The fourth-order valence-corrected chi connectivity index (χ4v) is 1.58. The van der Waals surface area contributed by atoms with Crippen molar-refractivity contribution in [1.82, 2.24) is 20.0 Å². The molecule has 0 unspecified atom stereocenters. The molecular weight excluding hydrogens is 242 g/mol. The number of aromatic nitrogens is 4. The summed E-state index contributed by atoms with van der Waals surface area (Å²) in [6.45, 7) is 6.84. The molecular formula is C13H19N5O. The first kappa shape index (κ1) is 13.3. The largest absolute Gasteiger partial charge is 0.480 e. The molecule has 2 heterocycles. The highest BCUT2D eigenvalue weighted by molar-refractivity contribution is 5.51. The van der Waals surface area contributed by atoms with E-state index in [9.17, 15) is 0 Å². The van der Waals surface area contributed by atoms with Crippen molar-refractivity contribution in [3.63, 3.8) is 0 Å². The summed E-state index contributed by atoms with van der Waals surface area (Å²) in [5, 5.41) is 11.5. The van der Waals surface area contributed by atoms with E-state index in [4.69, 9.17) is 4.74 Å². The van der Waals surface area contributed by atoms with Crippen LogP contribution in [0.5, 0.6) is 5.88 Å². The number of ether oxygens (including phenoxy) is 1. The first-order valence-corrected chi connectivity index (χ1v) is 6.15. The summed E-state index contributed by atoms with van der Waals surface area (Å²) in [6.07, 6.45) is 3.63. The molecule has 0 aliphatic rings. The van der Waals surface area contributed by atoms with Gasteiger partial charge in [-0.25, -0.2) is 9.67 Å². The predicted molar refractivity (Wildman–Crippen MR) is 73.1 cm³/mol. The van der Waals surface area contributed by atoms with Crippen molar-refractivity contribution in [3.8, 4) is 5.88 Å². The van der Waals surface area contributed by atoms with E-state index in [1.165, 1.54) is 0 Å². The molecule has 1 N–H and O–H groups in total. The lowest BCUT2D eigenvalue weighted by atomic mass is 10.1. The average Bonchev–Trinajstić information content (AvgIpc) is 2.85. The van der Waals surface area contributed by atoms with Gasteiger partial charge < -0.3 is 10.1 Å². The summed E-state index contributed by atoms with van der Waals surface area (Å²) in [4.78, 5) is 4.13. The molecule has 6 nitrogen and oxygen atoms in total. The number of hydrogen-bond acceptors (Lipinski definition) is 5. The molecule has 2 aromatic rings. The van der Waals surface area contributed by atoms with Gasteiger partial charge in [0.05, 0.1) is 31.1 Å². The highest BCUT2D eigenvalue weighted by Crippen LogP contribution is 2.20. The van der Waals surface area contributed by atoms with Gasteiger partial charge in [-0.15, -0.1) is 5.10 Å². The Hall–Kier alpha value is -2.11. The van der Waals surface area contributed by atoms with Gasteiger partial charge >= 0.3 is 0 Å². The molecule has 0 spiro atoms. The zero-order chi connectivity index (χ0) is 13.9. The van der Waals surface area contributed by atoms with E-state index in [1.807, 2.05) is 23.0 Å². The molecule has 2 aromatic heterocycles. The van der Waals surface area contributed by atoms with Crippen molar-refractivity contribution in [3.05, 3.63) is 30.2 Å². The lowest BCUT2D eigenvalue weighted by molar-refractivity contribution is 0.347. The molecule has 0 amide bonds. The van der Waals surface area contributed by atoms with Gasteiger partial charge in [0.25, 0.3) is 0 Å². The van der Waals surface area contributed by atoms with Crippen LogP contribution >= 0.6 is 0 Å². The molecule has 19 heavy (non-hydrogen) atoms. The van der Waals surface area contributed by atoms with Crippen LogP contribution in [0.3, 0.4) is 0 Å². The lowest BCUT2D eigenvalue weighted by Crippen LogP contribution is -2.22. The third-order valence-corrected chi connectivity index (χ3v) is 2.65. The van der Waals surface area contributed by atoms with E-state index in [0.29, 0.717) is 12.4 Å². The monoisotopic (exact) mass is 261 g/mol. The van der Waals surface area contributed by atoms with E-state index in [-0.39, 0.29) is 5.54 Å². The summed E-state index contributed by atoms with van der Waals surface area (Å²) >= 11 is 0. The molecule has 0 aliphatic carbocycles. The Morgan fingerprint density at radius 2 is 2.16 bits per heavy atom. The van der Waals surface area contributed by atoms with Crippen LogP contribution in [0.1, 0.15) is 26.5 Å². The molecule has 102 valence electrons. The number of methoxy groups -OCH3 is 1. The van der Waals surface area contributed by atoms with Crippen molar-refractivity contribution in [2.75, 3.05) is 12.4 Å². The quantitative estimate of drug-likeness (QED) is 0.912. The van der Waals surface area contributed by atoms with Gasteiger partial charge in [-0.1, -0.05) is 5.21 Å². The Bertz CT molecular complexity index is 544. The summed E-state index contributed by atoms with van der Waals surface area (Å²) < 4.78 is 7.03. The second-order valence-corrected chi connectivity index (χ2v) is 5.24. The number of nitrogens with zero attached hydrogens (tertiary/aromatic N) is 4. The molecule has 0 atom stereocenters. The predicted octanol–water partition coefficient (Wildman–Crippen LogP) is 2.05. The van der Waals surface area contributed by atoms with Gasteiger partial charge in [0.2, 0.25) is 5.88 Å². The Morgan fingerprint density at radius 1 is 1.37 bits per heavy atom. The summed E-state index contributed by atoms with van der Waals surface area (Å²) in [5.74, 6) is 0.575. The summed E-state index contributed by atoms with van der Waals surface area (Å²) in [5.41, 5.74) is 1.66. The zero-order valence-corrected chi connectivity index (χ0v) is 11.7. The molecule has 0 radical (unpaired) electrons. The Labute approximate surface area is 112 Å². The van der Waals surface area contributed by atoms with E-state index >= 15 is 0 Å². The molecule has 0 fully saturated rings. The third kappa shape index (κ3) is 3.21. The summed E-state index contributed by atoms with van der Waals surface area (Å²) in [6, 6.07) is 3.77. The minimum Gasteiger partial charge on any atom is -0.480 e. The van der Waals surface area contributed by atoms with Crippen LogP contribution in [0.25, 0.3) is 0 Å². The van der Waals surface area contributed by atoms with E-state index < -0.39 is 0 Å². The first-order chi connectivity index (χ1) is 9.00. The topological polar surface area (TPSA) is 64.9 Å². The number of rotatable bonds is 4. The van der Waals surface area contributed by atoms with E-state index in [2.05, 4.69) is 41.4 Å². The van der Waals surface area contributed by atoms with Crippen LogP contribution in [0.15, 0.2) is 24.5 Å². The first-order valence-electron chi connectivity index (χ1n) is 6.15. The van der Waals surface area contributed by atoms with Crippen molar-refractivity contribution in [1.29, 1.82) is 0 Å². The van der Waals surface area contributed by atoms with Gasteiger partial charge in [0.1, 0.15) is 5.69 Å². The Kier molecular flexibility index (Phi) is 3.69. The van der Waals surface area contributed by atoms with Gasteiger partial charge in [-0.2, -0.15) is 0 Å². The van der Waals surface area contributed by atoms with Crippen molar-refractivity contribution >= 4 is 5.69 Å². The van der Waals surface area contributed by atoms with Crippen LogP contribution in [0.2, 0.25) is 0 Å². The van der Waals surface area contributed by atoms with Crippen LogP contribution in [-0.4, -0.2) is 27.1 Å². The van der Waals surface area contributed by atoms with Crippen LogP contribution in [-0.2, 0) is 12.1 Å². The fraction of sp³-hybridized carbons (Fsp3) is 0.462. The molecule has 0 aliphatic heterocycles. The van der Waals surface area contributed by atoms with Gasteiger partial charge in [-0.3, -0.25) is 0 Å². The molecule has 0 saturated carbocycles. The zero-order valence-electron chi connectivity index (χ0n) is 11.7. The second-order valence-electron chi connectivity index (χ2n) is 5.24. The molecule has 6 heteroatoms. The SMILES string of the molecule is COc1ncccc1NCc1cn(C(C)(C)C)nn1. The number of anilines is 1. The maximum Gasteiger partial charge on any atom is 0.237 e. The lowest BCUT2D eigenvalue weighted by Gasteiger charge is -2.17. The van der Waals surface area contributed by atoms with Gasteiger partial charge in [-0.05, 0) is 32.9 Å². The maximum absolute atomic E-state index is 5.18. The molecule has 0 bridgehead atoms. The van der Waals surface area contributed by atoms with Gasteiger partial charge in [0, 0.05) is 6.20 Å². The molecule has 2 rings (SSSR count). The number of hydrogen-bond donors (Lipinski definition) is 1. The smallest absolute Gasteiger partial charge is 0.237 e. The van der Waals surface area contributed by atoms with Crippen LogP contribution in [0.4, 0.5) is 5.69 Å². The minimum atomic E-state index is -0.0583. The molecule has 0 saturated heterocycles. The van der Waals surface area contributed by atoms with Crippen molar-refractivity contribution < 1.29 is 4.74 Å². The van der Waals surface area contributed by atoms with Crippen LogP contribution < -0.4 is 10.1 Å². The third-order valence-electron chi connectivity index (χ3n) is 2.65. The molecule has 0 aromatic carbocycles. The number of pyridine rings is 1. The maximum atomic E-state index is 5.18. The minimum absolute atomic E-state index is 0.0583.